The van der Waals surface area contributed by atoms with E-state index in [2.05, 4.69) is 23.0 Å². The van der Waals surface area contributed by atoms with Gasteiger partial charge in [0, 0.05) is 23.0 Å². The fourth-order valence-corrected chi connectivity index (χ4v) is 4.36. The molecule has 0 spiro atoms. The van der Waals surface area contributed by atoms with Crippen LogP contribution in [0.1, 0.15) is 31.1 Å². The fraction of sp³-hybridized carbons (Fsp3) is 0.312. The summed E-state index contributed by atoms with van der Waals surface area (Å²) < 4.78 is 13.1. The lowest BCUT2D eigenvalue weighted by Gasteiger charge is -2.24. The third-order valence-corrected chi connectivity index (χ3v) is 5.68. The molecule has 1 unspecified atom stereocenters. The number of hydrogen-bond acceptors (Lipinski definition) is 4. The van der Waals surface area contributed by atoms with Gasteiger partial charge in [-0.1, -0.05) is 31.5 Å². The van der Waals surface area contributed by atoms with Gasteiger partial charge in [0.15, 0.2) is 0 Å². The molecule has 3 rings (SSSR count). The monoisotopic (exact) mass is 320 g/mol. The molecule has 5 heteroatoms. The second-order valence-electron chi connectivity index (χ2n) is 4.96. The normalized spacial score (nSPS) is 18.1. The summed E-state index contributed by atoms with van der Waals surface area (Å²) >= 11 is 3.54. The quantitative estimate of drug-likeness (QED) is 0.738. The SMILES string of the molecule is CCCCC1SC(c2cncs2)=CN1c1ccc(F)cc1. The van der Waals surface area contributed by atoms with Gasteiger partial charge in [-0.2, -0.15) is 0 Å². The summed E-state index contributed by atoms with van der Waals surface area (Å²) in [5.41, 5.74) is 2.91. The third kappa shape index (κ3) is 3.30. The van der Waals surface area contributed by atoms with Crippen LogP contribution in [-0.4, -0.2) is 10.4 Å². The van der Waals surface area contributed by atoms with Crippen LogP contribution in [0, 0.1) is 5.82 Å². The Morgan fingerprint density at radius 2 is 2.10 bits per heavy atom. The molecule has 2 heterocycles. The van der Waals surface area contributed by atoms with Gasteiger partial charge < -0.3 is 4.90 Å². The van der Waals surface area contributed by atoms with Crippen molar-refractivity contribution < 1.29 is 4.39 Å². The standard InChI is InChI=1S/C16H17FN2S2/c1-2-3-4-16-19(13-7-5-12(17)6-8-13)10-15(21-16)14-9-18-11-20-14/h5-11,16H,2-4H2,1H3. The maximum absolute atomic E-state index is 13.1. The summed E-state index contributed by atoms with van der Waals surface area (Å²) in [6.07, 6.45) is 7.58. The first-order valence-corrected chi connectivity index (χ1v) is 8.85. The number of benzene rings is 1. The van der Waals surface area contributed by atoms with Crippen LogP contribution >= 0.6 is 23.1 Å². The minimum absolute atomic E-state index is 0.192. The lowest BCUT2D eigenvalue weighted by molar-refractivity contribution is 0.627. The first-order chi connectivity index (χ1) is 10.3. The molecule has 21 heavy (non-hydrogen) atoms. The maximum Gasteiger partial charge on any atom is 0.123 e. The maximum atomic E-state index is 13.1. The minimum Gasteiger partial charge on any atom is -0.334 e. The summed E-state index contributed by atoms with van der Waals surface area (Å²) in [5.74, 6) is -0.192. The van der Waals surface area contributed by atoms with E-state index in [1.54, 1.807) is 11.3 Å². The Kier molecular flexibility index (Phi) is 4.60. The van der Waals surface area contributed by atoms with Gasteiger partial charge in [0.05, 0.1) is 15.8 Å². The summed E-state index contributed by atoms with van der Waals surface area (Å²) in [6, 6.07) is 6.74. The molecular formula is C16H17FN2S2. The second-order valence-corrected chi connectivity index (χ2v) is 7.06. The highest BCUT2D eigenvalue weighted by molar-refractivity contribution is 8.09. The molecule has 110 valence electrons. The smallest absolute Gasteiger partial charge is 0.123 e. The van der Waals surface area contributed by atoms with Crippen molar-refractivity contribution >= 4 is 33.7 Å². The molecule has 0 amide bonds. The fourth-order valence-electron chi connectivity index (χ4n) is 2.33. The third-order valence-electron chi connectivity index (χ3n) is 3.43. The molecule has 0 bridgehead atoms. The number of unbranched alkanes of at least 4 members (excludes halogenated alkanes) is 1. The summed E-state index contributed by atoms with van der Waals surface area (Å²) in [6.45, 7) is 2.21. The minimum atomic E-state index is -0.192. The van der Waals surface area contributed by atoms with Crippen LogP contribution in [0.5, 0.6) is 0 Å². The number of aromatic nitrogens is 1. The van der Waals surface area contributed by atoms with Crippen LogP contribution in [0.3, 0.4) is 0 Å². The van der Waals surface area contributed by atoms with Crippen LogP contribution in [-0.2, 0) is 0 Å². The van der Waals surface area contributed by atoms with E-state index in [-0.39, 0.29) is 5.82 Å². The van der Waals surface area contributed by atoms with Gasteiger partial charge >= 0.3 is 0 Å². The Bertz CT molecular complexity index is 608. The van der Waals surface area contributed by atoms with E-state index in [0.29, 0.717) is 5.37 Å². The van der Waals surface area contributed by atoms with Crippen LogP contribution in [0.2, 0.25) is 0 Å². The molecule has 0 aliphatic carbocycles. The molecule has 2 nitrogen and oxygen atoms in total. The molecule has 2 aromatic rings. The van der Waals surface area contributed by atoms with Gasteiger partial charge in [0.2, 0.25) is 0 Å². The predicted molar refractivity (Wildman–Crippen MR) is 89.9 cm³/mol. The number of nitrogens with zero attached hydrogens (tertiary/aromatic N) is 2. The molecular weight excluding hydrogens is 303 g/mol. The molecule has 1 aromatic heterocycles. The van der Waals surface area contributed by atoms with Crippen molar-refractivity contribution in [1.29, 1.82) is 0 Å². The Balaban J connectivity index is 1.87. The molecule has 0 saturated carbocycles. The van der Waals surface area contributed by atoms with Crippen molar-refractivity contribution in [2.75, 3.05) is 4.90 Å². The second kappa shape index (κ2) is 6.62. The molecule has 1 aromatic carbocycles. The van der Waals surface area contributed by atoms with E-state index < -0.39 is 0 Å². The van der Waals surface area contributed by atoms with E-state index in [0.717, 1.165) is 12.1 Å². The molecule has 1 aliphatic heterocycles. The Labute approximate surface area is 132 Å². The van der Waals surface area contributed by atoms with Crippen LogP contribution in [0.25, 0.3) is 4.91 Å². The van der Waals surface area contributed by atoms with E-state index in [1.165, 1.54) is 34.8 Å². The highest BCUT2D eigenvalue weighted by atomic mass is 32.2. The predicted octanol–water partition coefficient (Wildman–Crippen LogP) is 5.35. The van der Waals surface area contributed by atoms with Crippen molar-refractivity contribution in [3.05, 3.63) is 52.9 Å². The number of thioether (sulfide) groups is 1. The van der Waals surface area contributed by atoms with E-state index in [9.17, 15) is 4.39 Å². The van der Waals surface area contributed by atoms with Gasteiger partial charge in [-0.05, 0) is 30.7 Å². The van der Waals surface area contributed by atoms with Crippen molar-refractivity contribution in [3.63, 3.8) is 0 Å². The van der Waals surface area contributed by atoms with Crippen molar-refractivity contribution in [1.82, 2.24) is 4.98 Å². The van der Waals surface area contributed by atoms with Crippen molar-refractivity contribution in [2.24, 2.45) is 0 Å². The average molecular weight is 320 g/mol. The van der Waals surface area contributed by atoms with Gasteiger partial charge in [-0.25, -0.2) is 4.39 Å². The zero-order chi connectivity index (χ0) is 14.7. The molecule has 0 saturated heterocycles. The van der Waals surface area contributed by atoms with Crippen molar-refractivity contribution in [3.8, 4) is 0 Å². The molecule has 0 radical (unpaired) electrons. The van der Waals surface area contributed by atoms with E-state index in [1.807, 2.05) is 35.6 Å². The lowest BCUT2D eigenvalue weighted by atomic mass is 10.2. The summed E-state index contributed by atoms with van der Waals surface area (Å²) in [7, 11) is 0. The molecule has 0 fully saturated rings. The Morgan fingerprint density at radius 1 is 1.29 bits per heavy atom. The molecule has 0 N–H and O–H groups in total. The van der Waals surface area contributed by atoms with Gasteiger partial charge in [-0.15, -0.1) is 11.3 Å². The lowest BCUT2D eigenvalue weighted by Crippen LogP contribution is -2.23. The summed E-state index contributed by atoms with van der Waals surface area (Å²) in [5, 5.41) is 0.382. The Hall–Kier alpha value is -1.33. The largest absolute Gasteiger partial charge is 0.334 e. The molecule has 1 aliphatic rings. The van der Waals surface area contributed by atoms with Crippen molar-refractivity contribution in [2.45, 2.75) is 31.6 Å². The zero-order valence-corrected chi connectivity index (χ0v) is 13.5. The number of thiazole rings is 1. The van der Waals surface area contributed by atoms with Gasteiger partial charge in [0.25, 0.3) is 0 Å². The first-order valence-electron chi connectivity index (χ1n) is 7.09. The van der Waals surface area contributed by atoms with Crippen LogP contribution < -0.4 is 4.90 Å². The first kappa shape index (κ1) is 14.6. The average Bonchev–Trinajstić information content (AvgIpc) is 3.15. The van der Waals surface area contributed by atoms with Crippen LogP contribution in [0.4, 0.5) is 10.1 Å². The number of hydrogen-bond donors (Lipinski definition) is 0. The topological polar surface area (TPSA) is 16.1 Å². The molecule has 1 atom stereocenters. The number of rotatable bonds is 5. The van der Waals surface area contributed by atoms with Gasteiger partial charge in [0.1, 0.15) is 5.82 Å². The van der Waals surface area contributed by atoms with Gasteiger partial charge in [-0.3, -0.25) is 4.98 Å². The summed E-state index contributed by atoms with van der Waals surface area (Å²) in [4.78, 5) is 8.87. The van der Waals surface area contributed by atoms with E-state index >= 15 is 0 Å². The highest BCUT2D eigenvalue weighted by Gasteiger charge is 2.27. The van der Waals surface area contributed by atoms with E-state index in [4.69, 9.17) is 0 Å². The highest BCUT2D eigenvalue weighted by Crippen LogP contribution is 2.44. The number of halogens is 1. The Morgan fingerprint density at radius 3 is 2.76 bits per heavy atom. The zero-order valence-electron chi connectivity index (χ0n) is 11.8. The van der Waals surface area contributed by atoms with Crippen LogP contribution in [0.15, 0.2) is 42.2 Å². The number of anilines is 1.